The highest BCUT2D eigenvalue weighted by molar-refractivity contribution is 5.88. The number of unbranched alkanes of at least 4 members (excludes halogenated alkanes) is 9. The van der Waals surface area contributed by atoms with Crippen molar-refractivity contribution in [3.8, 4) is 5.75 Å². The number of nitrogens with one attached hydrogen (secondary N) is 1. The van der Waals surface area contributed by atoms with Gasteiger partial charge in [-0.05, 0) is 30.7 Å². The molecule has 0 heterocycles. The highest BCUT2D eigenvalue weighted by Gasteiger charge is 1.99. The molecule has 0 bridgehead atoms. The second kappa shape index (κ2) is 32.6. The third-order valence-corrected chi connectivity index (χ3v) is 6.55. The van der Waals surface area contributed by atoms with Gasteiger partial charge in [-0.3, -0.25) is 4.79 Å². The van der Waals surface area contributed by atoms with Gasteiger partial charge in [0.15, 0.2) is 0 Å². The Morgan fingerprint density at radius 2 is 0.818 bits per heavy atom. The van der Waals surface area contributed by atoms with Crippen LogP contribution in [-0.2, 0) is 38.0 Å². The lowest BCUT2D eigenvalue weighted by Crippen LogP contribution is -2.15. The summed E-state index contributed by atoms with van der Waals surface area (Å²) in [5.74, 6) is 0.624. The van der Waals surface area contributed by atoms with Crippen LogP contribution in [-0.4, -0.2) is 105 Å². The third-order valence-electron chi connectivity index (χ3n) is 6.55. The lowest BCUT2D eigenvalue weighted by molar-refractivity contribution is -0.114. The fourth-order valence-electron chi connectivity index (χ4n) is 4.17. The Morgan fingerprint density at radius 1 is 0.477 bits per heavy atom. The van der Waals surface area contributed by atoms with Gasteiger partial charge in [0.1, 0.15) is 12.4 Å². The second-order valence-corrected chi connectivity index (χ2v) is 10.5. The van der Waals surface area contributed by atoms with E-state index < -0.39 is 0 Å². The summed E-state index contributed by atoms with van der Waals surface area (Å²) in [5, 5.41) is 2.71. The molecule has 0 unspecified atom stereocenters. The Kier molecular flexibility index (Phi) is 29.8. The molecule has 10 nitrogen and oxygen atoms in total. The van der Waals surface area contributed by atoms with E-state index in [1.807, 2.05) is 12.1 Å². The Balaban J connectivity index is 1.67. The number of hydrogen-bond acceptors (Lipinski definition) is 9. The molecule has 0 radical (unpaired) electrons. The minimum Gasteiger partial charge on any atom is -0.491 e. The SMILES string of the molecule is CCCCCCCCCCCCOCCOCCOCCOCCOCCOCCOCCOc1ccc(NC(C)=O)cc1. The average Bonchev–Trinajstić information content (AvgIpc) is 3.02. The summed E-state index contributed by atoms with van der Waals surface area (Å²) in [7, 11) is 0. The molecule has 0 aromatic heterocycles. The molecule has 0 spiro atoms. The van der Waals surface area contributed by atoms with Crippen molar-refractivity contribution < 1.29 is 42.7 Å². The van der Waals surface area contributed by atoms with Gasteiger partial charge in [0.05, 0.1) is 85.9 Å². The number of amides is 1. The molecule has 1 rings (SSSR count). The molecular weight excluding hydrogens is 566 g/mol. The molecule has 44 heavy (non-hydrogen) atoms. The summed E-state index contributed by atoms with van der Waals surface area (Å²) in [6.45, 7) is 12.0. The van der Waals surface area contributed by atoms with Crippen LogP contribution < -0.4 is 10.1 Å². The molecule has 0 atom stereocenters. The van der Waals surface area contributed by atoms with E-state index in [1.54, 1.807) is 12.1 Å². The maximum atomic E-state index is 11.0. The normalized spacial score (nSPS) is 11.2. The molecule has 256 valence electrons. The van der Waals surface area contributed by atoms with Crippen molar-refractivity contribution in [3.63, 3.8) is 0 Å². The van der Waals surface area contributed by atoms with Crippen LogP contribution in [0.15, 0.2) is 24.3 Å². The fraction of sp³-hybridized carbons (Fsp3) is 0.794. The van der Waals surface area contributed by atoms with Crippen LogP contribution in [0.3, 0.4) is 0 Å². The first-order valence-electron chi connectivity index (χ1n) is 16.8. The van der Waals surface area contributed by atoms with Gasteiger partial charge in [0, 0.05) is 19.2 Å². The van der Waals surface area contributed by atoms with Crippen LogP contribution >= 0.6 is 0 Å². The van der Waals surface area contributed by atoms with Crippen LogP contribution in [0.5, 0.6) is 5.75 Å². The summed E-state index contributed by atoms with van der Waals surface area (Å²) in [5.41, 5.74) is 0.739. The lowest BCUT2D eigenvalue weighted by Gasteiger charge is -2.09. The Morgan fingerprint density at radius 3 is 1.20 bits per heavy atom. The van der Waals surface area contributed by atoms with Crippen LogP contribution in [0.2, 0.25) is 0 Å². The van der Waals surface area contributed by atoms with E-state index in [0.29, 0.717) is 92.5 Å². The summed E-state index contributed by atoms with van der Waals surface area (Å²) < 4.78 is 44.3. The number of carbonyl (C=O) groups excluding carboxylic acids is 1. The summed E-state index contributed by atoms with van der Waals surface area (Å²) in [6, 6.07) is 7.21. The zero-order valence-electron chi connectivity index (χ0n) is 27.7. The zero-order valence-corrected chi connectivity index (χ0v) is 27.7. The molecule has 10 heteroatoms. The van der Waals surface area contributed by atoms with Crippen LogP contribution in [0, 0.1) is 0 Å². The first-order valence-corrected chi connectivity index (χ1v) is 16.8. The van der Waals surface area contributed by atoms with E-state index in [9.17, 15) is 4.79 Å². The third kappa shape index (κ3) is 29.0. The Labute approximate surface area is 266 Å². The van der Waals surface area contributed by atoms with Crippen LogP contribution in [0.4, 0.5) is 5.69 Å². The maximum absolute atomic E-state index is 11.0. The van der Waals surface area contributed by atoms with Crippen molar-refractivity contribution in [2.45, 2.75) is 78.1 Å². The average molecular weight is 628 g/mol. The zero-order chi connectivity index (χ0) is 31.6. The molecular formula is C34H61NO9. The van der Waals surface area contributed by atoms with E-state index in [4.69, 9.17) is 37.9 Å². The summed E-state index contributed by atoms with van der Waals surface area (Å²) >= 11 is 0. The largest absolute Gasteiger partial charge is 0.491 e. The van der Waals surface area contributed by atoms with E-state index in [-0.39, 0.29) is 5.91 Å². The van der Waals surface area contributed by atoms with Crippen LogP contribution in [0.25, 0.3) is 0 Å². The van der Waals surface area contributed by atoms with Gasteiger partial charge in [-0.25, -0.2) is 0 Å². The van der Waals surface area contributed by atoms with Crippen molar-refractivity contribution >= 4 is 11.6 Å². The van der Waals surface area contributed by atoms with Gasteiger partial charge in [-0.1, -0.05) is 64.7 Å². The van der Waals surface area contributed by atoms with Crippen molar-refractivity contribution in [3.05, 3.63) is 24.3 Å². The minimum atomic E-state index is -0.101. The van der Waals surface area contributed by atoms with Gasteiger partial charge < -0.3 is 43.2 Å². The van der Waals surface area contributed by atoms with E-state index in [2.05, 4.69) is 12.2 Å². The number of carbonyl (C=O) groups is 1. The molecule has 0 saturated heterocycles. The van der Waals surface area contributed by atoms with E-state index in [1.165, 1.54) is 64.7 Å². The molecule has 0 aliphatic carbocycles. The van der Waals surface area contributed by atoms with Gasteiger partial charge in [0.25, 0.3) is 0 Å². The highest BCUT2D eigenvalue weighted by Crippen LogP contribution is 2.15. The van der Waals surface area contributed by atoms with Crippen molar-refractivity contribution in [1.82, 2.24) is 0 Å². The first kappa shape index (κ1) is 40.2. The second-order valence-electron chi connectivity index (χ2n) is 10.5. The quantitative estimate of drug-likeness (QED) is 0.0914. The molecule has 1 N–H and O–H groups in total. The van der Waals surface area contributed by atoms with Gasteiger partial charge in [0.2, 0.25) is 5.91 Å². The predicted molar refractivity (Wildman–Crippen MR) is 174 cm³/mol. The maximum Gasteiger partial charge on any atom is 0.221 e. The number of rotatable bonds is 34. The number of anilines is 1. The van der Waals surface area contributed by atoms with Crippen molar-refractivity contribution in [1.29, 1.82) is 0 Å². The van der Waals surface area contributed by atoms with E-state index >= 15 is 0 Å². The molecule has 0 saturated carbocycles. The predicted octanol–water partition coefficient (Wildman–Crippen LogP) is 6.06. The van der Waals surface area contributed by atoms with E-state index in [0.717, 1.165) is 24.5 Å². The minimum absolute atomic E-state index is 0.101. The Hall–Kier alpha value is -1.79. The Bertz CT molecular complexity index is 736. The standard InChI is InChI=1S/C34H61NO9/c1-3-4-5-6-7-8-9-10-11-12-17-37-18-19-38-20-21-39-22-23-40-24-25-41-26-27-42-28-29-43-30-31-44-34-15-13-33(14-16-34)35-32(2)36/h13-16H,3-12,17-31H2,1-2H3,(H,35,36). The first-order chi connectivity index (χ1) is 21.7. The monoisotopic (exact) mass is 627 g/mol. The number of ether oxygens (including phenoxy) is 8. The molecule has 0 aliphatic heterocycles. The molecule has 1 aromatic carbocycles. The number of hydrogen-bond donors (Lipinski definition) is 1. The molecule has 0 aliphatic rings. The van der Waals surface area contributed by atoms with Crippen molar-refractivity contribution in [2.24, 2.45) is 0 Å². The summed E-state index contributed by atoms with van der Waals surface area (Å²) in [6.07, 6.45) is 13.4. The molecule has 1 amide bonds. The van der Waals surface area contributed by atoms with Gasteiger partial charge in [-0.15, -0.1) is 0 Å². The molecule has 0 fully saturated rings. The summed E-state index contributed by atoms with van der Waals surface area (Å²) in [4.78, 5) is 11.0. The topological polar surface area (TPSA) is 103 Å². The van der Waals surface area contributed by atoms with Gasteiger partial charge >= 0.3 is 0 Å². The number of benzene rings is 1. The molecule has 1 aromatic rings. The van der Waals surface area contributed by atoms with Crippen LogP contribution in [0.1, 0.15) is 78.1 Å². The fourth-order valence-corrected chi connectivity index (χ4v) is 4.17. The van der Waals surface area contributed by atoms with Gasteiger partial charge in [-0.2, -0.15) is 0 Å². The lowest BCUT2D eigenvalue weighted by atomic mass is 10.1. The van der Waals surface area contributed by atoms with Crippen molar-refractivity contribution in [2.75, 3.05) is 104 Å². The highest BCUT2D eigenvalue weighted by atomic mass is 16.6. The smallest absolute Gasteiger partial charge is 0.221 e.